The first-order valence-corrected chi connectivity index (χ1v) is 15.5. The molecule has 37 heavy (non-hydrogen) atoms. The van der Waals surface area contributed by atoms with E-state index >= 15 is 0 Å². The molecule has 4 rings (SSSR count). The first-order valence-electron chi connectivity index (χ1n) is 12.5. The minimum absolute atomic E-state index is 0.0527. The summed E-state index contributed by atoms with van der Waals surface area (Å²) in [6, 6.07) is 13.6. The van der Waals surface area contributed by atoms with E-state index in [1.165, 1.54) is 32.9 Å². The van der Waals surface area contributed by atoms with E-state index in [9.17, 15) is 21.6 Å². The lowest BCUT2D eigenvalue weighted by Gasteiger charge is -2.35. The molecule has 2 aliphatic rings. The van der Waals surface area contributed by atoms with Gasteiger partial charge in [0.15, 0.2) is 0 Å². The Morgan fingerprint density at radius 3 is 2.05 bits per heavy atom. The topological polar surface area (TPSA) is 116 Å². The molecule has 0 atom stereocenters. The molecule has 0 spiro atoms. The Hall–Kier alpha value is -2.67. The molecule has 2 aromatic rings. The molecule has 2 fully saturated rings. The minimum atomic E-state index is -3.53. The van der Waals surface area contributed by atoms with Gasteiger partial charge in [-0.25, -0.2) is 16.8 Å². The zero-order chi connectivity index (χ0) is 26.5. The molecule has 0 saturated carbocycles. The van der Waals surface area contributed by atoms with Crippen molar-refractivity contribution in [3.05, 3.63) is 54.1 Å². The Balaban J connectivity index is 1.21. The summed E-state index contributed by atoms with van der Waals surface area (Å²) in [5, 5.41) is 2.73. The second kappa shape index (κ2) is 11.8. The maximum absolute atomic E-state index is 12.8. The van der Waals surface area contributed by atoms with Gasteiger partial charge in [-0.1, -0.05) is 0 Å². The predicted octanol–water partition coefficient (Wildman–Crippen LogP) is 1.75. The fourth-order valence-electron chi connectivity index (χ4n) is 4.56. The fourth-order valence-corrected chi connectivity index (χ4v) is 7.57. The Labute approximate surface area is 219 Å². The van der Waals surface area contributed by atoms with Crippen LogP contribution >= 0.6 is 0 Å². The van der Waals surface area contributed by atoms with Crippen LogP contribution in [0.5, 0.6) is 5.75 Å². The van der Waals surface area contributed by atoms with Gasteiger partial charge in [0, 0.05) is 57.1 Å². The SMILES string of the molecule is COc1ccc(N2CCN(S(=O)(=O)CCCNC(=O)c3ccc(S(=O)(=O)N4CCCC4)cc3)CC2)cc1. The summed E-state index contributed by atoms with van der Waals surface area (Å²) in [5.41, 5.74) is 1.36. The lowest BCUT2D eigenvalue weighted by atomic mass is 10.2. The zero-order valence-electron chi connectivity index (χ0n) is 21.0. The average Bonchev–Trinajstić information content (AvgIpc) is 3.47. The number of ether oxygens (including phenoxy) is 1. The van der Waals surface area contributed by atoms with Crippen LogP contribution in [0.2, 0.25) is 0 Å². The van der Waals surface area contributed by atoms with Crippen molar-refractivity contribution >= 4 is 31.6 Å². The molecule has 202 valence electrons. The smallest absolute Gasteiger partial charge is 0.251 e. The molecular weight excluding hydrogens is 516 g/mol. The van der Waals surface area contributed by atoms with Crippen LogP contribution in [0.3, 0.4) is 0 Å². The van der Waals surface area contributed by atoms with E-state index in [0.717, 1.165) is 24.3 Å². The Bertz CT molecular complexity index is 1270. The minimum Gasteiger partial charge on any atom is -0.497 e. The first kappa shape index (κ1) is 27.4. The molecule has 0 aliphatic carbocycles. The van der Waals surface area contributed by atoms with Gasteiger partial charge in [0.2, 0.25) is 20.0 Å². The zero-order valence-corrected chi connectivity index (χ0v) is 22.6. The Kier molecular flexibility index (Phi) is 8.73. The van der Waals surface area contributed by atoms with Gasteiger partial charge in [0.05, 0.1) is 17.8 Å². The number of amides is 1. The van der Waals surface area contributed by atoms with E-state index in [0.29, 0.717) is 44.8 Å². The largest absolute Gasteiger partial charge is 0.497 e. The molecule has 10 nitrogen and oxygen atoms in total. The van der Waals surface area contributed by atoms with Crippen molar-refractivity contribution in [1.29, 1.82) is 0 Å². The molecule has 1 amide bonds. The predicted molar refractivity (Wildman–Crippen MR) is 142 cm³/mol. The van der Waals surface area contributed by atoms with E-state index in [1.54, 1.807) is 7.11 Å². The van der Waals surface area contributed by atoms with E-state index < -0.39 is 20.0 Å². The fraction of sp³-hybridized carbons (Fsp3) is 0.480. The maximum atomic E-state index is 12.8. The number of nitrogens with zero attached hydrogens (tertiary/aromatic N) is 3. The number of benzene rings is 2. The van der Waals surface area contributed by atoms with Crippen LogP contribution in [0.4, 0.5) is 5.69 Å². The van der Waals surface area contributed by atoms with E-state index in [4.69, 9.17) is 4.74 Å². The third-order valence-electron chi connectivity index (χ3n) is 6.75. The highest BCUT2D eigenvalue weighted by atomic mass is 32.2. The van der Waals surface area contributed by atoms with E-state index in [1.807, 2.05) is 24.3 Å². The number of sulfonamides is 2. The lowest BCUT2D eigenvalue weighted by molar-refractivity contribution is 0.0953. The van der Waals surface area contributed by atoms with Crippen LogP contribution < -0.4 is 15.0 Å². The molecule has 0 aromatic heterocycles. The van der Waals surface area contributed by atoms with Gasteiger partial charge in [-0.2, -0.15) is 8.61 Å². The molecular formula is C25H34N4O6S2. The van der Waals surface area contributed by atoms with Crippen LogP contribution in [0.25, 0.3) is 0 Å². The number of methoxy groups -OCH3 is 1. The summed E-state index contributed by atoms with van der Waals surface area (Å²) in [5.74, 6) is 0.359. The van der Waals surface area contributed by atoms with Gasteiger partial charge in [-0.3, -0.25) is 4.79 Å². The third kappa shape index (κ3) is 6.61. The van der Waals surface area contributed by atoms with Crippen LogP contribution in [0.15, 0.2) is 53.4 Å². The van der Waals surface area contributed by atoms with Crippen molar-refractivity contribution in [1.82, 2.24) is 13.9 Å². The van der Waals surface area contributed by atoms with E-state index in [2.05, 4.69) is 10.2 Å². The maximum Gasteiger partial charge on any atom is 0.251 e. The van der Waals surface area contributed by atoms with Gasteiger partial charge in [-0.05, 0) is 67.8 Å². The van der Waals surface area contributed by atoms with Crippen molar-refractivity contribution in [2.24, 2.45) is 0 Å². The molecule has 2 heterocycles. The Morgan fingerprint density at radius 1 is 0.838 bits per heavy atom. The van der Waals surface area contributed by atoms with Gasteiger partial charge in [0.1, 0.15) is 5.75 Å². The molecule has 0 bridgehead atoms. The molecule has 2 aromatic carbocycles. The van der Waals surface area contributed by atoms with Crippen molar-refractivity contribution in [3.8, 4) is 5.75 Å². The number of carbonyl (C=O) groups excluding carboxylic acids is 1. The number of rotatable bonds is 10. The molecule has 12 heteroatoms. The van der Waals surface area contributed by atoms with Crippen LogP contribution in [-0.4, -0.2) is 90.0 Å². The number of nitrogens with one attached hydrogen (secondary N) is 1. The second-order valence-corrected chi connectivity index (χ2v) is 13.2. The van der Waals surface area contributed by atoms with Crippen LogP contribution in [0.1, 0.15) is 29.6 Å². The van der Waals surface area contributed by atoms with Gasteiger partial charge in [-0.15, -0.1) is 0 Å². The summed E-state index contributed by atoms with van der Waals surface area (Å²) in [4.78, 5) is 14.8. The third-order valence-corrected chi connectivity index (χ3v) is 10.6. The standard InChI is InChI=1S/C25H34N4O6S2/c1-35-23-9-7-22(8-10-23)27-16-18-28(19-17-27)36(31,32)20-4-13-26-25(30)21-5-11-24(12-6-21)37(33,34)29-14-2-3-15-29/h5-12H,2-4,13-20H2,1H3,(H,26,30). The summed E-state index contributed by atoms with van der Waals surface area (Å²) in [6.07, 6.45) is 2.00. The number of piperazine rings is 1. The highest BCUT2D eigenvalue weighted by molar-refractivity contribution is 7.89. The van der Waals surface area contributed by atoms with Crippen LogP contribution in [0, 0.1) is 0 Å². The number of carbonyl (C=O) groups is 1. The van der Waals surface area contributed by atoms with Crippen molar-refractivity contribution < 1.29 is 26.4 Å². The monoisotopic (exact) mass is 550 g/mol. The molecule has 2 aliphatic heterocycles. The summed E-state index contributed by atoms with van der Waals surface area (Å²) >= 11 is 0. The average molecular weight is 551 g/mol. The number of anilines is 1. The highest BCUT2D eigenvalue weighted by Gasteiger charge is 2.28. The summed E-state index contributed by atoms with van der Waals surface area (Å²) in [7, 11) is -5.34. The summed E-state index contributed by atoms with van der Waals surface area (Å²) in [6.45, 7) is 3.27. The van der Waals surface area contributed by atoms with Gasteiger partial charge < -0.3 is 15.0 Å². The van der Waals surface area contributed by atoms with Crippen molar-refractivity contribution in [2.75, 3.05) is 63.6 Å². The van der Waals surface area contributed by atoms with Gasteiger partial charge >= 0.3 is 0 Å². The van der Waals surface area contributed by atoms with Gasteiger partial charge in [0.25, 0.3) is 5.91 Å². The van der Waals surface area contributed by atoms with Crippen LogP contribution in [-0.2, 0) is 20.0 Å². The normalized spacial score (nSPS) is 17.6. The molecule has 2 saturated heterocycles. The number of hydrogen-bond acceptors (Lipinski definition) is 7. The molecule has 0 unspecified atom stereocenters. The lowest BCUT2D eigenvalue weighted by Crippen LogP contribution is -2.49. The number of hydrogen-bond donors (Lipinski definition) is 1. The molecule has 0 radical (unpaired) electrons. The summed E-state index contributed by atoms with van der Waals surface area (Å²) < 4.78 is 59.0. The molecule has 1 N–H and O–H groups in total. The first-order chi connectivity index (χ1) is 17.7. The Morgan fingerprint density at radius 2 is 1.46 bits per heavy atom. The van der Waals surface area contributed by atoms with Crippen molar-refractivity contribution in [3.63, 3.8) is 0 Å². The van der Waals surface area contributed by atoms with Crippen molar-refractivity contribution in [2.45, 2.75) is 24.2 Å². The quantitative estimate of drug-likeness (QED) is 0.448. The second-order valence-electron chi connectivity index (χ2n) is 9.15. The van der Waals surface area contributed by atoms with E-state index in [-0.39, 0.29) is 29.5 Å². The highest BCUT2D eigenvalue weighted by Crippen LogP contribution is 2.22.